The lowest BCUT2D eigenvalue weighted by atomic mass is 9.87. The standard InChI is InChI=1S/C19H24OS/c1-15-5-7-16(8-6-15)13-21(20)14-17-9-11-18(12-10-17)19(2,3)4/h5-12H,13-14H2,1-4H3/t21-/m1/s1. The molecule has 0 saturated carbocycles. The van der Waals surface area contributed by atoms with E-state index in [0.29, 0.717) is 11.5 Å². The lowest BCUT2D eigenvalue weighted by molar-refractivity contribution is 0.590. The van der Waals surface area contributed by atoms with Gasteiger partial charge >= 0.3 is 0 Å². The fourth-order valence-electron chi connectivity index (χ4n) is 2.21. The van der Waals surface area contributed by atoms with Crippen LogP contribution in [0.1, 0.15) is 43.0 Å². The summed E-state index contributed by atoms with van der Waals surface area (Å²) in [5.41, 5.74) is 5.01. The Labute approximate surface area is 130 Å². The van der Waals surface area contributed by atoms with E-state index in [1.165, 1.54) is 11.1 Å². The highest BCUT2D eigenvalue weighted by Gasteiger charge is 2.13. The second-order valence-electron chi connectivity index (χ2n) is 6.66. The van der Waals surface area contributed by atoms with Crippen LogP contribution in [0, 0.1) is 6.92 Å². The Kier molecular flexibility index (Phi) is 5.00. The normalized spacial score (nSPS) is 13.1. The predicted octanol–water partition coefficient (Wildman–Crippen LogP) is 4.74. The van der Waals surface area contributed by atoms with Crippen LogP contribution in [-0.2, 0) is 27.7 Å². The second kappa shape index (κ2) is 6.57. The molecule has 0 bridgehead atoms. The fraction of sp³-hybridized carbons (Fsp3) is 0.368. The van der Waals surface area contributed by atoms with Gasteiger partial charge < -0.3 is 0 Å². The molecule has 2 aromatic rings. The van der Waals surface area contributed by atoms with Crippen LogP contribution in [0.4, 0.5) is 0 Å². The van der Waals surface area contributed by atoms with Gasteiger partial charge in [0.15, 0.2) is 0 Å². The number of hydrogen-bond donors (Lipinski definition) is 0. The Morgan fingerprint density at radius 3 is 1.67 bits per heavy atom. The van der Waals surface area contributed by atoms with Crippen LogP contribution in [0.5, 0.6) is 0 Å². The van der Waals surface area contributed by atoms with Crippen molar-refractivity contribution in [3.05, 3.63) is 70.8 Å². The smallest absolute Gasteiger partial charge is 0.0489 e. The molecule has 2 rings (SSSR count). The van der Waals surface area contributed by atoms with Crippen LogP contribution in [0.15, 0.2) is 48.5 Å². The minimum Gasteiger partial charge on any atom is -0.259 e. The lowest BCUT2D eigenvalue weighted by Gasteiger charge is -2.19. The van der Waals surface area contributed by atoms with Crippen molar-refractivity contribution in [2.45, 2.75) is 44.6 Å². The summed E-state index contributed by atoms with van der Waals surface area (Å²) >= 11 is 0. The van der Waals surface area contributed by atoms with Gasteiger partial charge in [-0.05, 0) is 29.0 Å². The van der Waals surface area contributed by atoms with Crippen LogP contribution >= 0.6 is 0 Å². The molecule has 0 saturated heterocycles. The van der Waals surface area contributed by atoms with Gasteiger partial charge in [0, 0.05) is 22.3 Å². The molecule has 112 valence electrons. The summed E-state index contributed by atoms with van der Waals surface area (Å²) in [6, 6.07) is 16.8. The van der Waals surface area contributed by atoms with Crippen molar-refractivity contribution in [1.82, 2.24) is 0 Å². The molecule has 0 unspecified atom stereocenters. The van der Waals surface area contributed by atoms with Crippen LogP contribution in [0.2, 0.25) is 0 Å². The first-order valence-corrected chi connectivity index (χ1v) is 8.83. The molecule has 0 aliphatic rings. The van der Waals surface area contributed by atoms with E-state index in [2.05, 4.69) is 76.2 Å². The van der Waals surface area contributed by atoms with Gasteiger partial charge in [-0.3, -0.25) is 4.21 Å². The maximum absolute atomic E-state index is 12.3. The molecule has 0 aromatic heterocycles. The molecule has 0 heterocycles. The molecule has 1 atom stereocenters. The average molecular weight is 300 g/mol. The molecule has 0 amide bonds. The molecule has 0 fully saturated rings. The van der Waals surface area contributed by atoms with Crippen LogP contribution < -0.4 is 0 Å². The zero-order valence-corrected chi connectivity index (χ0v) is 14.2. The molecule has 0 N–H and O–H groups in total. The first-order chi connectivity index (χ1) is 9.84. The van der Waals surface area contributed by atoms with Gasteiger partial charge in [0.1, 0.15) is 0 Å². The van der Waals surface area contributed by atoms with E-state index in [0.717, 1.165) is 11.1 Å². The van der Waals surface area contributed by atoms with Gasteiger partial charge in [0.2, 0.25) is 0 Å². The van der Waals surface area contributed by atoms with E-state index in [9.17, 15) is 4.21 Å². The first kappa shape index (κ1) is 16.0. The predicted molar refractivity (Wildman–Crippen MR) is 91.9 cm³/mol. The molecule has 0 aliphatic heterocycles. The van der Waals surface area contributed by atoms with Crippen LogP contribution in [-0.4, -0.2) is 4.21 Å². The Morgan fingerprint density at radius 1 is 0.810 bits per heavy atom. The summed E-state index contributed by atoms with van der Waals surface area (Å²) in [5.74, 6) is 1.25. The van der Waals surface area contributed by atoms with E-state index in [-0.39, 0.29) is 5.41 Å². The van der Waals surface area contributed by atoms with Crippen LogP contribution in [0.3, 0.4) is 0 Å². The number of aryl methyl sites for hydroxylation is 1. The van der Waals surface area contributed by atoms with E-state index < -0.39 is 10.8 Å². The van der Waals surface area contributed by atoms with Crippen molar-refractivity contribution in [2.24, 2.45) is 0 Å². The Balaban J connectivity index is 1.98. The molecule has 1 nitrogen and oxygen atoms in total. The summed E-state index contributed by atoms with van der Waals surface area (Å²) in [4.78, 5) is 0. The molecular weight excluding hydrogens is 276 g/mol. The van der Waals surface area contributed by atoms with E-state index in [1.54, 1.807) is 0 Å². The quantitative estimate of drug-likeness (QED) is 0.797. The summed E-state index contributed by atoms with van der Waals surface area (Å²) in [5, 5.41) is 0. The lowest BCUT2D eigenvalue weighted by Crippen LogP contribution is -2.10. The van der Waals surface area contributed by atoms with Crippen molar-refractivity contribution in [3.63, 3.8) is 0 Å². The molecule has 0 aliphatic carbocycles. The van der Waals surface area contributed by atoms with Gasteiger partial charge in [-0.2, -0.15) is 0 Å². The van der Waals surface area contributed by atoms with Crippen molar-refractivity contribution in [2.75, 3.05) is 0 Å². The minimum absolute atomic E-state index is 0.166. The van der Waals surface area contributed by atoms with Crippen LogP contribution in [0.25, 0.3) is 0 Å². The Hall–Kier alpha value is -1.41. The molecule has 21 heavy (non-hydrogen) atoms. The van der Waals surface area contributed by atoms with Crippen molar-refractivity contribution in [1.29, 1.82) is 0 Å². The number of benzene rings is 2. The van der Waals surface area contributed by atoms with E-state index in [4.69, 9.17) is 0 Å². The monoisotopic (exact) mass is 300 g/mol. The summed E-state index contributed by atoms with van der Waals surface area (Å²) in [6.07, 6.45) is 0. The third kappa shape index (κ3) is 4.82. The third-order valence-corrected chi connectivity index (χ3v) is 4.91. The van der Waals surface area contributed by atoms with Crippen molar-refractivity contribution in [3.8, 4) is 0 Å². The number of hydrogen-bond acceptors (Lipinski definition) is 1. The molecule has 0 radical (unpaired) electrons. The van der Waals surface area contributed by atoms with Crippen molar-refractivity contribution < 1.29 is 4.21 Å². The van der Waals surface area contributed by atoms with Gasteiger partial charge in [-0.25, -0.2) is 0 Å². The van der Waals surface area contributed by atoms with E-state index in [1.807, 2.05) is 0 Å². The molecule has 2 heteroatoms. The van der Waals surface area contributed by atoms with E-state index >= 15 is 0 Å². The van der Waals surface area contributed by atoms with Gasteiger partial charge in [0.25, 0.3) is 0 Å². The minimum atomic E-state index is -0.856. The van der Waals surface area contributed by atoms with Gasteiger partial charge in [0.05, 0.1) is 0 Å². The topological polar surface area (TPSA) is 17.1 Å². The number of rotatable bonds is 4. The highest BCUT2D eigenvalue weighted by Crippen LogP contribution is 2.22. The van der Waals surface area contributed by atoms with Gasteiger partial charge in [-0.15, -0.1) is 0 Å². The molecule has 0 spiro atoms. The largest absolute Gasteiger partial charge is 0.259 e. The summed E-state index contributed by atoms with van der Waals surface area (Å²) in [7, 11) is -0.856. The highest BCUT2D eigenvalue weighted by atomic mass is 32.2. The first-order valence-electron chi connectivity index (χ1n) is 7.34. The Morgan fingerprint density at radius 2 is 1.24 bits per heavy atom. The Bertz CT molecular complexity index is 604. The molecule has 2 aromatic carbocycles. The van der Waals surface area contributed by atoms with Gasteiger partial charge in [-0.1, -0.05) is 74.9 Å². The maximum Gasteiger partial charge on any atom is 0.0489 e. The fourth-order valence-corrected chi connectivity index (χ4v) is 3.44. The zero-order chi connectivity index (χ0) is 15.5. The maximum atomic E-state index is 12.3. The second-order valence-corrected chi connectivity index (χ2v) is 8.12. The molecular formula is C19H24OS. The average Bonchev–Trinajstić information content (AvgIpc) is 2.41. The zero-order valence-electron chi connectivity index (χ0n) is 13.3. The summed E-state index contributed by atoms with van der Waals surface area (Å²) in [6.45, 7) is 8.68. The van der Waals surface area contributed by atoms with Crippen molar-refractivity contribution >= 4 is 10.8 Å². The third-order valence-electron chi connectivity index (χ3n) is 3.60. The highest BCUT2D eigenvalue weighted by molar-refractivity contribution is 7.83. The SMILES string of the molecule is Cc1ccc(C[S@@](=O)Cc2ccc(C(C)(C)C)cc2)cc1. The summed E-state index contributed by atoms with van der Waals surface area (Å²) < 4.78 is 12.3.